The van der Waals surface area contributed by atoms with Crippen molar-refractivity contribution in [3.8, 4) is 0 Å². The highest BCUT2D eigenvalue weighted by Crippen LogP contribution is 2.19. The van der Waals surface area contributed by atoms with Crippen LogP contribution in [-0.2, 0) is 14.8 Å². The number of morpholine rings is 1. The van der Waals surface area contributed by atoms with Gasteiger partial charge >= 0.3 is 0 Å². The van der Waals surface area contributed by atoms with Gasteiger partial charge in [-0.05, 0) is 55.5 Å². The van der Waals surface area contributed by atoms with E-state index >= 15 is 0 Å². The van der Waals surface area contributed by atoms with Crippen LogP contribution in [0.1, 0.15) is 5.56 Å². The number of thiocarbonyl (C=S) groups is 1. The Morgan fingerprint density at radius 1 is 0.962 bits per heavy atom. The Balaban J connectivity index is 1.63. The summed E-state index contributed by atoms with van der Waals surface area (Å²) in [6.45, 7) is 3.64. The topological polar surface area (TPSA) is 70.7 Å². The summed E-state index contributed by atoms with van der Waals surface area (Å²) >= 11 is 5.30. The third kappa shape index (κ3) is 4.59. The minimum atomic E-state index is -3.48. The molecule has 2 aromatic rings. The standard InChI is InChI=1S/C18H21N3O3S2/c1-14-2-4-15(5-3-14)19-18(25)20-16-6-8-17(9-7-16)26(22,23)21-10-12-24-13-11-21/h2-9H,10-13H2,1H3,(H2,19,20,25). The van der Waals surface area contributed by atoms with Crippen LogP contribution in [-0.4, -0.2) is 44.1 Å². The summed E-state index contributed by atoms with van der Waals surface area (Å²) in [5.74, 6) is 0. The summed E-state index contributed by atoms with van der Waals surface area (Å²) < 4.78 is 31.9. The molecule has 0 atom stereocenters. The van der Waals surface area contributed by atoms with E-state index < -0.39 is 10.0 Å². The molecule has 8 heteroatoms. The summed E-state index contributed by atoms with van der Waals surface area (Å²) in [5.41, 5.74) is 2.78. The molecule has 0 saturated carbocycles. The molecule has 0 radical (unpaired) electrons. The molecule has 2 N–H and O–H groups in total. The molecule has 1 fully saturated rings. The maximum absolute atomic E-state index is 12.6. The fraction of sp³-hybridized carbons (Fsp3) is 0.278. The van der Waals surface area contributed by atoms with Gasteiger partial charge < -0.3 is 15.4 Å². The van der Waals surface area contributed by atoms with Crippen LogP contribution in [0.5, 0.6) is 0 Å². The van der Waals surface area contributed by atoms with Crippen LogP contribution in [0.2, 0.25) is 0 Å². The van der Waals surface area contributed by atoms with Gasteiger partial charge in [-0.3, -0.25) is 0 Å². The van der Waals surface area contributed by atoms with Gasteiger partial charge in [-0.25, -0.2) is 8.42 Å². The summed E-state index contributed by atoms with van der Waals surface area (Å²) in [4.78, 5) is 0.266. The summed E-state index contributed by atoms with van der Waals surface area (Å²) in [6.07, 6.45) is 0. The van der Waals surface area contributed by atoms with Gasteiger partial charge in [0.15, 0.2) is 5.11 Å². The maximum atomic E-state index is 12.6. The van der Waals surface area contributed by atoms with Crippen LogP contribution in [0.25, 0.3) is 0 Å². The SMILES string of the molecule is Cc1ccc(NC(=S)Nc2ccc(S(=O)(=O)N3CCOCC3)cc2)cc1. The molecular weight excluding hydrogens is 370 g/mol. The van der Waals surface area contributed by atoms with Gasteiger partial charge in [0.1, 0.15) is 0 Å². The predicted octanol–water partition coefficient (Wildman–Crippen LogP) is 2.82. The number of hydrogen-bond acceptors (Lipinski definition) is 4. The second-order valence-corrected chi connectivity index (χ2v) is 8.33. The van der Waals surface area contributed by atoms with E-state index in [1.54, 1.807) is 24.3 Å². The molecule has 1 heterocycles. The number of aryl methyl sites for hydroxylation is 1. The van der Waals surface area contributed by atoms with Crippen molar-refractivity contribution in [2.45, 2.75) is 11.8 Å². The maximum Gasteiger partial charge on any atom is 0.243 e. The highest BCUT2D eigenvalue weighted by molar-refractivity contribution is 7.89. The van der Waals surface area contributed by atoms with Crippen molar-refractivity contribution in [3.05, 3.63) is 54.1 Å². The van der Waals surface area contributed by atoms with Crippen molar-refractivity contribution < 1.29 is 13.2 Å². The van der Waals surface area contributed by atoms with Crippen molar-refractivity contribution in [2.75, 3.05) is 36.9 Å². The van der Waals surface area contributed by atoms with Crippen LogP contribution < -0.4 is 10.6 Å². The molecule has 138 valence electrons. The second-order valence-electron chi connectivity index (χ2n) is 5.99. The zero-order valence-corrected chi connectivity index (χ0v) is 16.1. The average Bonchev–Trinajstić information content (AvgIpc) is 2.65. The molecule has 1 aliphatic rings. The van der Waals surface area contributed by atoms with Crippen molar-refractivity contribution in [1.29, 1.82) is 0 Å². The zero-order chi connectivity index (χ0) is 18.6. The number of sulfonamides is 1. The van der Waals surface area contributed by atoms with Crippen LogP contribution in [0.15, 0.2) is 53.4 Å². The third-order valence-electron chi connectivity index (χ3n) is 4.03. The number of benzene rings is 2. The van der Waals surface area contributed by atoms with Gasteiger partial charge in [0.2, 0.25) is 10.0 Å². The van der Waals surface area contributed by atoms with E-state index in [-0.39, 0.29) is 4.90 Å². The van der Waals surface area contributed by atoms with Gasteiger partial charge in [0, 0.05) is 24.5 Å². The highest BCUT2D eigenvalue weighted by Gasteiger charge is 2.26. The molecule has 0 amide bonds. The molecule has 0 unspecified atom stereocenters. The van der Waals surface area contributed by atoms with Crippen LogP contribution in [0.4, 0.5) is 11.4 Å². The van der Waals surface area contributed by atoms with Gasteiger partial charge in [-0.2, -0.15) is 4.31 Å². The lowest BCUT2D eigenvalue weighted by atomic mass is 10.2. The van der Waals surface area contributed by atoms with E-state index in [0.29, 0.717) is 31.4 Å². The molecule has 3 rings (SSSR count). The second kappa shape index (κ2) is 8.13. The normalized spacial score (nSPS) is 15.4. The van der Waals surface area contributed by atoms with E-state index in [9.17, 15) is 8.42 Å². The largest absolute Gasteiger partial charge is 0.379 e. The van der Waals surface area contributed by atoms with Crippen molar-refractivity contribution in [3.63, 3.8) is 0 Å². The number of rotatable bonds is 4. The van der Waals surface area contributed by atoms with E-state index in [1.807, 2.05) is 31.2 Å². The molecule has 0 bridgehead atoms. The summed E-state index contributed by atoms with van der Waals surface area (Å²) in [5, 5.41) is 6.59. The first-order valence-electron chi connectivity index (χ1n) is 8.28. The number of hydrogen-bond donors (Lipinski definition) is 2. The summed E-state index contributed by atoms with van der Waals surface area (Å²) in [7, 11) is -3.48. The minimum Gasteiger partial charge on any atom is -0.379 e. The first-order chi connectivity index (χ1) is 12.4. The highest BCUT2D eigenvalue weighted by atomic mass is 32.2. The molecule has 0 aliphatic carbocycles. The average molecular weight is 392 g/mol. The Hall–Kier alpha value is -2.00. The van der Waals surface area contributed by atoms with Gasteiger partial charge in [-0.15, -0.1) is 0 Å². The van der Waals surface area contributed by atoms with Gasteiger partial charge in [0.25, 0.3) is 0 Å². The molecule has 1 saturated heterocycles. The van der Waals surface area contributed by atoms with Crippen molar-refractivity contribution in [1.82, 2.24) is 4.31 Å². The summed E-state index contributed by atoms with van der Waals surface area (Å²) in [6, 6.07) is 14.5. The van der Waals surface area contributed by atoms with Gasteiger partial charge in [0.05, 0.1) is 18.1 Å². The molecule has 2 aromatic carbocycles. The van der Waals surface area contributed by atoms with Crippen LogP contribution in [0.3, 0.4) is 0 Å². The Kier molecular flexibility index (Phi) is 5.87. The van der Waals surface area contributed by atoms with E-state index in [0.717, 1.165) is 11.4 Å². The molecule has 6 nitrogen and oxygen atoms in total. The van der Waals surface area contributed by atoms with E-state index in [2.05, 4.69) is 10.6 Å². The quantitative estimate of drug-likeness (QED) is 0.781. The molecule has 1 aliphatic heterocycles. The lowest BCUT2D eigenvalue weighted by Crippen LogP contribution is -2.40. The van der Waals surface area contributed by atoms with Crippen molar-refractivity contribution >= 4 is 38.7 Å². The first kappa shape index (κ1) is 18.8. The number of anilines is 2. The molecule has 26 heavy (non-hydrogen) atoms. The molecule has 0 aromatic heterocycles. The predicted molar refractivity (Wildman–Crippen MR) is 107 cm³/mol. The first-order valence-corrected chi connectivity index (χ1v) is 10.1. The third-order valence-corrected chi connectivity index (χ3v) is 6.15. The smallest absolute Gasteiger partial charge is 0.243 e. The molecular formula is C18H21N3O3S2. The lowest BCUT2D eigenvalue weighted by molar-refractivity contribution is 0.0730. The monoisotopic (exact) mass is 391 g/mol. The van der Waals surface area contributed by atoms with Crippen LogP contribution >= 0.6 is 12.2 Å². The zero-order valence-electron chi connectivity index (χ0n) is 14.4. The van der Waals surface area contributed by atoms with Crippen LogP contribution in [0, 0.1) is 6.92 Å². The number of ether oxygens (including phenoxy) is 1. The molecule has 0 spiro atoms. The fourth-order valence-electron chi connectivity index (χ4n) is 2.58. The number of nitrogens with zero attached hydrogens (tertiary/aromatic N) is 1. The Bertz CT molecular complexity index is 860. The Labute approximate surface area is 159 Å². The minimum absolute atomic E-state index is 0.266. The number of nitrogens with one attached hydrogen (secondary N) is 2. The van der Waals surface area contributed by atoms with Crippen molar-refractivity contribution in [2.24, 2.45) is 0 Å². The Morgan fingerprint density at radius 2 is 1.46 bits per heavy atom. The van der Waals surface area contributed by atoms with Gasteiger partial charge in [-0.1, -0.05) is 17.7 Å². The van der Waals surface area contributed by atoms with E-state index in [4.69, 9.17) is 17.0 Å². The lowest BCUT2D eigenvalue weighted by Gasteiger charge is -2.26. The fourth-order valence-corrected chi connectivity index (χ4v) is 4.22. The Morgan fingerprint density at radius 3 is 2.00 bits per heavy atom. The van der Waals surface area contributed by atoms with E-state index in [1.165, 1.54) is 9.87 Å².